The number of hydrogen-bond donors (Lipinski definition) is 2. The summed E-state index contributed by atoms with van der Waals surface area (Å²) in [5.74, 6) is 0. The molecule has 0 heterocycles. The Balaban J connectivity index is 0.000000271. The summed E-state index contributed by atoms with van der Waals surface area (Å²) in [6, 6.07) is 0. The van der Waals surface area contributed by atoms with Crippen molar-refractivity contribution in [2.24, 2.45) is 11.5 Å². The first kappa shape index (κ1) is 10.9. The van der Waals surface area contributed by atoms with Crippen molar-refractivity contribution in [1.82, 2.24) is 0 Å². The smallest absolute Gasteiger partial charge is 0.0520 e. The van der Waals surface area contributed by atoms with E-state index in [0.717, 1.165) is 6.42 Å². The van der Waals surface area contributed by atoms with Gasteiger partial charge in [-0.2, -0.15) is 0 Å². The molecule has 2 heteroatoms. The van der Waals surface area contributed by atoms with Crippen LogP contribution in [0.15, 0.2) is 0 Å². The minimum atomic E-state index is -0.0958. The van der Waals surface area contributed by atoms with E-state index in [0.29, 0.717) is 0 Å². The lowest BCUT2D eigenvalue weighted by atomic mass is 10.2. The molecule has 4 N–H and O–H groups in total. The van der Waals surface area contributed by atoms with Gasteiger partial charge < -0.3 is 11.5 Å². The Morgan fingerprint density at radius 3 is 1.91 bits per heavy atom. The molecule has 0 saturated heterocycles. The average Bonchev–Trinajstić information content (AvgIpc) is 2.71. The maximum Gasteiger partial charge on any atom is 0.0520 e. The normalized spacial score (nSPS) is 14.2. The van der Waals surface area contributed by atoms with Crippen LogP contribution in [0.25, 0.3) is 0 Å². The molecule has 0 aromatic heterocycles. The molecule has 68 valence electrons. The maximum atomic E-state index is 5.31. The van der Waals surface area contributed by atoms with Crippen LogP contribution >= 0.6 is 0 Å². The molecule has 0 aromatic rings. The van der Waals surface area contributed by atoms with E-state index in [4.69, 9.17) is 11.5 Å². The monoisotopic (exact) mass is 158 g/mol. The summed E-state index contributed by atoms with van der Waals surface area (Å²) in [7, 11) is 0. The van der Waals surface area contributed by atoms with Gasteiger partial charge in [0.2, 0.25) is 0 Å². The van der Waals surface area contributed by atoms with Gasteiger partial charge in [0.1, 0.15) is 0 Å². The second-order valence-corrected chi connectivity index (χ2v) is 3.22. The molecule has 11 heavy (non-hydrogen) atoms. The van der Waals surface area contributed by atoms with Crippen LogP contribution in [0.4, 0.5) is 0 Å². The fourth-order valence-electron chi connectivity index (χ4n) is 0.630. The molecule has 1 saturated carbocycles. The fourth-order valence-corrected chi connectivity index (χ4v) is 0.630. The van der Waals surface area contributed by atoms with Crippen molar-refractivity contribution < 1.29 is 0 Å². The van der Waals surface area contributed by atoms with E-state index in [9.17, 15) is 0 Å². The van der Waals surface area contributed by atoms with E-state index >= 15 is 0 Å². The molecule has 0 aliphatic heterocycles. The highest BCUT2D eigenvalue weighted by Gasteiger charge is 1.95. The Kier molecular flexibility index (Phi) is 7.96. The molecular weight excluding hydrogens is 136 g/mol. The van der Waals surface area contributed by atoms with E-state index < -0.39 is 0 Å². The zero-order valence-corrected chi connectivity index (χ0v) is 7.68. The first-order valence-electron chi connectivity index (χ1n) is 4.78. The zero-order valence-electron chi connectivity index (χ0n) is 7.68. The molecule has 1 fully saturated rings. The molecule has 1 rings (SSSR count). The van der Waals surface area contributed by atoms with Gasteiger partial charge in [0.05, 0.1) is 6.17 Å². The Morgan fingerprint density at radius 2 is 1.64 bits per heavy atom. The molecular formula is C9H22N2. The van der Waals surface area contributed by atoms with Crippen molar-refractivity contribution in [3.8, 4) is 0 Å². The van der Waals surface area contributed by atoms with Gasteiger partial charge >= 0.3 is 0 Å². The highest BCUT2D eigenvalue weighted by atomic mass is 14.8. The van der Waals surface area contributed by atoms with Crippen LogP contribution in [0.3, 0.4) is 0 Å². The molecule has 1 aliphatic rings. The number of rotatable bonds is 4. The van der Waals surface area contributed by atoms with E-state index in [1.165, 1.54) is 38.5 Å². The van der Waals surface area contributed by atoms with Crippen LogP contribution in [0.1, 0.15) is 51.9 Å². The molecule has 0 unspecified atom stereocenters. The third-order valence-corrected chi connectivity index (χ3v) is 1.49. The van der Waals surface area contributed by atoms with E-state index in [2.05, 4.69) is 6.92 Å². The van der Waals surface area contributed by atoms with Crippen LogP contribution in [-0.2, 0) is 0 Å². The molecule has 0 radical (unpaired) electrons. The summed E-state index contributed by atoms with van der Waals surface area (Å²) in [6.45, 7) is 2.17. The average molecular weight is 158 g/mol. The quantitative estimate of drug-likeness (QED) is 0.485. The van der Waals surface area contributed by atoms with E-state index in [1.54, 1.807) is 0 Å². The van der Waals surface area contributed by atoms with Crippen LogP contribution in [0.5, 0.6) is 0 Å². The first-order valence-corrected chi connectivity index (χ1v) is 4.78. The number of nitrogens with two attached hydrogens (primary N) is 2. The Labute approximate surface area is 70.3 Å². The van der Waals surface area contributed by atoms with Gasteiger partial charge in [-0.15, -0.1) is 0 Å². The van der Waals surface area contributed by atoms with Crippen molar-refractivity contribution in [2.75, 3.05) is 0 Å². The summed E-state index contributed by atoms with van der Waals surface area (Å²) < 4.78 is 0. The molecule has 0 amide bonds. The highest BCUT2D eigenvalue weighted by Crippen LogP contribution is 2.14. The molecule has 1 aliphatic carbocycles. The van der Waals surface area contributed by atoms with Gasteiger partial charge in [-0.05, 0) is 6.42 Å². The third-order valence-electron chi connectivity index (χ3n) is 1.49. The molecule has 0 bridgehead atoms. The Bertz CT molecular complexity index is 67.2. The van der Waals surface area contributed by atoms with Gasteiger partial charge in [0, 0.05) is 0 Å². The van der Waals surface area contributed by atoms with Crippen molar-refractivity contribution >= 4 is 0 Å². The van der Waals surface area contributed by atoms with Crippen molar-refractivity contribution in [3.63, 3.8) is 0 Å². The Hall–Kier alpha value is -0.0800. The predicted molar refractivity (Wildman–Crippen MR) is 50.2 cm³/mol. The SMILES string of the molecule is C1CC1.CCCCCC(N)N. The largest absolute Gasteiger partial charge is 0.316 e. The lowest BCUT2D eigenvalue weighted by Crippen LogP contribution is -2.29. The van der Waals surface area contributed by atoms with Crippen molar-refractivity contribution in [2.45, 2.75) is 58.0 Å². The van der Waals surface area contributed by atoms with Crippen molar-refractivity contribution in [3.05, 3.63) is 0 Å². The summed E-state index contributed by atoms with van der Waals surface area (Å²) >= 11 is 0. The third kappa shape index (κ3) is 17.8. The lowest BCUT2D eigenvalue weighted by Gasteiger charge is -2.01. The fraction of sp³-hybridized carbons (Fsp3) is 1.00. The lowest BCUT2D eigenvalue weighted by molar-refractivity contribution is 0.575. The zero-order chi connectivity index (χ0) is 8.53. The van der Waals surface area contributed by atoms with Gasteiger partial charge in [0.25, 0.3) is 0 Å². The van der Waals surface area contributed by atoms with Gasteiger partial charge in [-0.25, -0.2) is 0 Å². The number of unbranched alkanes of at least 4 members (excludes halogenated alkanes) is 2. The Morgan fingerprint density at radius 1 is 1.09 bits per heavy atom. The second-order valence-electron chi connectivity index (χ2n) is 3.22. The maximum absolute atomic E-state index is 5.31. The van der Waals surface area contributed by atoms with Gasteiger partial charge in [0.15, 0.2) is 0 Å². The second kappa shape index (κ2) is 8.02. The van der Waals surface area contributed by atoms with Crippen LogP contribution in [-0.4, -0.2) is 6.17 Å². The van der Waals surface area contributed by atoms with E-state index in [-0.39, 0.29) is 6.17 Å². The summed E-state index contributed by atoms with van der Waals surface area (Å²) in [6.07, 6.45) is 9.04. The summed E-state index contributed by atoms with van der Waals surface area (Å²) in [5.41, 5.74) is 10.6. The van der Waals surface area contributed by atoms with Crippen molar-refractivity contribution in [1.29, 1.82) is 0 Å². The van der Waals surface area contributed by atoms with Crippen LogP contribution < -0.4 is 11.5 Å². The van der Waals surface area contributed by atoms with Gasteiger partial charge in [-0.3, -0.25) is 0 Å². The molecule has 0 aromatic carbocycles. The highest BCUT2D eigenvalue weighted by molar-refractivity contribution is 4.50. The molecule has 0 spiro atoms. The van der Waals surface area contributed by atoms with E-state index in [1.807, 2.05) is 0 Å². The topological polar surface area (TPSA) is 52.0 Å². The minimum absolute atomic E-state index is 0.0958. The van der Waals surface area contributed by atoms with Gasteiger partial charge in [-0.1, -0.05) is 45.4 Å². The van der Waals surface area contributed by atoms with Crippen LogP contribution in [0, 0.1) is 0 Å². The van der Waals surface area contributed by atoms with Crippen LogP contribution in [0.2, 0.25) is 0 Å². The standard InChI is InChI=1S/C6H16N2.C3H6/c1-2-3-4-5-6(7)8;1-2-3-1/h6H,2-5,7-8H2,1H3;1-3H2. The predicted octanol–water partition coefficient (Wildman–Crippen LogP) is 1.98. The summed E-state index contributed by atoms with van der Waals surface area (Å²) in [4.78, 5) is 0. The summed E-state index contributed by atoms with van der Waals surface area (Å²) in [5, 5.41) is 0. The number of hydrogen-bond acceptors (Lipinski definition) is 2. The molecule has 0 atom stereocenters. The minimum Gasteiger partial charge on any atom is -0.316 e. The molecule has 2 nitrogen and oxygen atoms in total. The first-order chi connectivity index (χ1) is 5.27.